The van der Waals surface area contributed by atoms with E-state index in [4.69, 9.17) is 0 Å². The van der Waals surface area contributed by atoms with Gasteiger partial charge < -0.3 is 0 Å². The number of nitrogens with zero attached hydrogens (tertiary/aromatic N) is 2. The Morgan fingerprint density at radius 3 is 1.73 bits per heavy atom. The van der Waals surface area contributed by atoms with Gasteiger partial charge in [-0.2, -0.15) is 0 Å². The molecule has 51 valence electrons. The summed E-state index contributed by atoms with van der Waals surface area (Å²) in [4.78, 5) is 8.24. The minimum atomic E-state index is 0. The highest BCUT2D eigenvalue weighted by molar-refractivity contribution is 5.75. The maximum Gasteiger partial charge on any atom is 0.0886 e. The van der Waals surface area contributed by atoms with Crippen molar-refractivity contribution >= 4 is 28.4 Å². The lowest BCUT2D eigenvalue weighted by molar-refractivity contribution is 1.29. The maximum atomic E-state index is 4.12. The zero-order valence-electron chi connectivity index (χ0n) is 5.94. The molecule has 1 aromatic carbocycles. The van der Waals surface area contributed by atoms with E-state index >= 15 is 0 Å². The van der Waals surface area contributed by atoms with Crippen LogP contribution in [0.25, 0.3) is 11.0 Å². The van der Waals surface area contributed by atoms with Crippen molar-refractivity contribution in [1.82, 2.24) is 9.97 Å². The van der Waals surface area contributed by atoms with Crippen molar-refractivity contribution in [3.8, 4) is 0 Å². The van der Waals surface area contributed by atoms with Gasteiger partial charge >= 0.3 is 0 Å². The average Bonchev–Trinajstić information content (AvgIpc) is 2.05. The van der Waals surface area contributed by atoms with Crippen LogP contribution in [0.2, 0.25) is 0 Å². The fraction of sp³-hybridized carbons (Fsp3) is 0. The van der Waals surface area contributed by atoms with Crippen LogP contribution in [-0.2, 0) is 0 Å². The van der Waals surface area contributed by atoms with Crippen molar-refractivity contribution in [3.63, 3.8) is 0 Å². The number of fused-ring (bicyclic) bond motifs is 1. The van der Waals surface area contributed by atoms with Gasteiger partial charge in [0.1, 0.15) is 0 Å². The lowest BCUT2D eigenvalue weighted by atomic mass is 10.3. The van der Waals surface area contributed by atoms with E-state index in [2.05, 4.69) is 9.97 Å². The van der Waals surface area contributed by atoms with Gasteiger partial charge in [0, 0.05) is 29.8 Å². The van der Waals surface area contributed by atoms with Crippen molar-refractivity contribution in [1.29, 1.82) is 0 Å². The molecule has 3 heteroatoms. The van der Waals surface area contributed by atoms with Crippen LogP contribution >= 0.6 is 0 Å². The van der Waals surface area contributed by atoms with E-state index in [-0.39, 0.29) is 17.4 Å². The molecule has 2 nitrogen and oxygen atoms in total. The molecule has 0 unspecified atom stereocenters. The summed E-state index contributed by atoms with van der Waals surface area (Å²) in [5.41, 5.74) is 1.90. The predicted molar refractivity (Wildman–Crippen MR) is 45.3 cm³/mol. The second-order valence-electron chi connectivity index (χ2n) is 2.05. The van der Waals surface area contributed by atoms with E-state index < -0.39 is 0 Å². The van der Waals surface area contributed by atoms with Crippen LogP contribution in [0.15, 0.2) is 36.7 Å². The first kappa shape index (κ1) is 8.19. The highest BCUT2D eigenvalue weighted by Gasteiger charge is 1.88. The molecule has 0 saturated heterocycles. The van der Waals surface area contributed by atoms with Gasteiger partial charge in [0.05, 0.1) is 11.0 Å². The second-order valence-corrected chi connectivity index (χ2v) is 2.05. The van der Waals surface area contributed by atoms with Crippen molar-refractivity contribution < 1.29 is 0 Å². The third-order valence-electron chi connectivity index (χ3n) is 1.38. The van der Waals surface area contributed by atoms with E-state index in [9.17, 15) is 0 Å². The molecular formula is C8H6AlN2. The van der Waals surface area contributed by atoms with E-state index in [1.165, 1.54) is 0 Å². The lowest BCUT2D eigenvalue weighted by Crippen LogP contribution is -1.78. The molecule has 0 saturated carbocycles. The van der Waals surface area contributed by atoms with Gasteiger partial charge in [0.15, 0.2) is 0 Å². The monoisotopic (exact) mass is 157 g/mol. The molecule has 0 atom stereocenters. The minimum absolute atomic E-state index is 0. The molecular weight excluding hydrogens is 151 g/mol. The standard InChI is InChI=1S/C8H6N2.Al/c1-2-4-8-7(3-1)9-5-6-10-8;/h1-6H;. The molecule has 0 amide bonds. The quantitative estimate of drug-likeness (QED) is 0.538. The first-order chi connectivity index (χ1) is 4.97. The molecule has 2 aromatic rings. The third-order valence-corrected chi connectivity index (χ3v) is 1.38. The molecule has 3 radical (unpaired) electrons. The molecule has 2 rings (SSSR count). The number of rotatable bonds is 0. The zero-order valence-corrected chi connectivity index (χ0v) is 7.09. The SMILES string of the molecule is [Al].c1ccc2nccnc2c1. The van der Waals surface area contributed by atoms with Gasteiger partial charge in [-0.15, -0.1) is 0 Å². The summed E-state index contributed by atoms with van der Waals surface area (Å²) in [7, 11) is 0. The Kier molecular flexibility index (Phi) is 2.59. The van der Waals surface area contributed by atoms with Crippen molar-refractivity contribution in [2.75, 3.05) is 0 Å². The molecule has 0 N–H and O–H groups in total. The smallest absolute Gasteiger partial charge is 0.0886 e. The zero-order chi connectivity index (χ0) is 6.81. The molecule has 11 heavy (non-hydrogen) atoms. The van der Waals surface area contributed by atoms with Crippen LogP contribution in [0, 0.1) is 0 Å². The molecule has 1 heterocycles. The molecule has 0 bridgehead atoms. The van der Waals surface area contributed by atoms with E-state index in [0.29, 0.717) is 0 Å². The average molecular weight is 157 g/mol. The second kappa shape index (κ2) is 3.47. The molecule has 1 aromatic heterocycles. The van der Waals surface area contributed by atoms with Gasteiger partial charge in [0.2, 0.25) is 0 Å². The number of benzene rings is 1. The predicted octanol–water partition coefficient (Wildman–Crippen LogP) is 1.25. The Hall–Kier alpha value is -0.908. The van der Waals surface area contributed by atoms with Crippen LogP contribution in [0.5, 0.6) is 0 Å². The molecule has 0 spiro atoms. The Bertz CT molecular complexity index is 283. The van der Waals surface area contributed by atoms with Crippen molar-refractivity contribution in [2.24, 2.45) is 0 Å². The molecule has 0 aliphatic carbocycles. The fourth-order valence-corrected chi connectivity index (χ4v) is 0.910. The van der Waals surface area contributed by atoms with E-state index in [0.717, 1.165) is 11.0 Å². The summed E-state index contributed by atoms with van der Waals surface area (Å²) in [6.45, 7) is 0. The molecule has 0 fully saturated rings. The highest BCUT2D eigenvalue weighted by Crippen LogP contribution is 2.04. The third kappa shape index (κ3) is 1.57. The summed E-state index contributed by atoms with van der Waals surface area (Å²) in [6.07, 6.45) is 3.39. The van der Waals surface area contributed by atoms with Crippen LogP contribution in [-0.4, -0.2) is 27.3 Å². The Labute approximate surface area is 75.4 Å². The van der Waals surface area contributed by atoms with Crippen LogP contribution in [0.4, 0.5) is 0 Å². The summed E-state index contributed by atoms with van der Waals surface area (Å²) in [5, 5.41) is 0. The van der Waals surface area contributed by atoms with Gasteiger partial charge in [-0.25, -0.2) is 0 Å². The number of hydrogen-bond acceptors (Lipinski definition) is 2. The number of aromatic nitrogens is 2. The Morgan fingerprint density at radius 2 is 1.27 bits per heavy atom. The summed E-state index contributed by atoms with van der Waals surface area (Å²) in [6, 6.07) is 7.80. The highest BCUT2D eigenvalue weighted by atomic mass is 27.0. The van der Waals surface area contributed by atoms with Crippen LogP contribution < -0.4 is 0 Å². The van der Waals surface area contributed by atoms with E-state index in [1.807, 2.05) is 24.3 Å². The molecule has 0 aliphatic rings. The first-order valence-corrected chi connectivity index (χ1v) is 3.12. The molecule has 0 aliphatic heterocycles. The van der Waals surface area contributed by atoms with E-state index in [1.54, 1.807) is 12.4 Å². The van der Waals surface area contributed by atoms with Crippen LogP contribution in [0.1, 0.15) is 0 Å². The number of para-hydroxylation sites is 2. The Morgan fingerprint density at radius 1 is 0.818 bits per heavy atom. The normalized spacial score (nSPS) is 9.09. The van der Waals surface area contributed by atoms with Gasteiger partial charge in [0.25, 0.3) is 0 Å². The van der Waals surface area contributed by atoms with Gasteiger partial charge in [-0.1, -0.05) is 12.1 Å². The summed E-state index contributed by atoms with van der Waals surface area (Å²) in [5.74, 6) is 0. The lowest BCUT2D eigenvalue weighted by Gasteiger charge is -1.90. The number of hydrogen-bond donors (Lipinski definition) is 0. The van der Waals surface area contributed by atoms with Crippen LogP contribution in [0.3, 0.4) is 0 Å². The summed E-state index contributed by atoms with van der Waals surface area (Å²) >= 11 is 0. The largest absolute Gasteiger partial charge is 0.253 e. The summed E-state index contributed by atoms with van der Waals surface area (Å²) < 4.78 is 0. The van der Waals surface area contributed by atoms with Gasteiger partial charge in [-0.3, -0.25) is 9.97 Å². The fourth-order valence-electron chi connectivity index (χ4n) is 0.910. The van der Waals surface area contributed by atoms with Gasteiger partial charge in [-0.05, 0) is 12.1 Å². The van der Waals surface area contributed by atoms with Crippen molar-refractivity contribution in [3.05, 3.63) is 36.7 Å². The maximum absolute atomic E-state index is 4.12. The van der Waals surface area contributed by atoms with Crippen molar-refractivity contribution in [2.45, 2.75) is 0 Å². The Balaban J connectivity index is 0.000000605. The first-order valence-electron chi connectivity index (χ1n) is 3.12. The topological polar surface area (TPSA) is 25.8 Å². The minimum Gasteiger partial charge on any atom is -0.253 e.